The maximum atomic E-state index is 14.5. The Kier molecular flexibility index (Phi) is 8.39. The number of ether oxygens (including phenoxy) is 2. The van der Waals surface area contributed by atoms with Gasteiger partial charge in [-0.25, -0.2) is 4.39 Å². The quantitative estimate of drug-likeness (QED) is 0.379. The first-order chi connectivity index (χ1) is 12.2. The lowest BCUT2D eigenvalue weighted by atomic mass is 9.78. The van der Waals surface area contributed by atoms with Gasteiger partial charge in [0.25, 0.3) is 0 Å². The molecule has 0 radical (unpaired) electrons. The van der Waals surface area contributed by atoms with Crippen LogP contribution >= 0.6 is 0 Å². The molecule has 0 unspecified atom stereocenters. The monoisotopic (exact) mass is 352 g/mol. The largest absolute Gasteiger partial charge is 0.490 e. The van der Waals surface area contributed by atoms with Gasteiger partial charge in [-0.1, -0.05) is 18.6 Å². The number of allylic oxidation sites excluding steroid dienone is 1. The molecule has 0 heterocycles. The molecule has 1 aliphatic carbocycles. The van der Waals surface area contributed by atoms with Crippen molar-refractivity contribution in [2.24, 2.45) is 5.92 Å². The summed E-state index contributed by atoms with van der Waals surface area (Å²) in [5.41, 5.74) is 0.493. The van der Waals surface area contributed by atoms with E-state index in [4.69, 9.17) is 9.47 Å². The summed E-state index contributed by atoms with van der Waals surface area (Å²) in [5.74, 6) is -0.948. The van der Waals surface area contributed by atoms with Crippen molar-refractivity contribution in [3.63, 3.8) is 0 Å². The molecule has 0 aliphatic heterocycles. The fourth-order valence-electron chi connectivity index (χ4n) is 3.52. The van der Waals surface area contributed by atoms with E-state index in [1.54, 1.807) is 19.2 Å². The molecule has 4 heteroatoms. The SMILES string of the molecule is C=CC1CCC(c2ccc(OCCCCCCOC)c(F)c2F)CC1. The van der Waals surface area contributed by atoms with Crippen LogP contribution in [0.2, 0.25) is 0 Å². The summed E-state index contributed by atoms with van der Waals surface area (Å²) in [7, 11) is 1.69. The highest BCUT2D eigenvalue weighted by Gasteiger charge is 2.25. The average molecular weight is 352 g/mol. The number of hydrogen-bond donors (Lipinski definition) is 0. The normalized spacial score (nSPS) is 20.4. The van der Waals surface area contributed by atoms with E-state index in [2.05, 4.69) is 6.58 Å². The summed E-state index contributed by atoms with van der Waals surface area (Å²) in [6.07, 6.45) is 9.63. The van der Waals surface area contributed by atoms with Crippen molar-refractivity contribution in [1.82, 2.24) is 0 Å². The third-order valence-electron chi connectivity index (χ3n) is 5.12. The maximum Gasteiger partial charge on any atom is 0.200 e. The number of rotatable bonds is 10. The first-order valence-corrected chi connectivity index (χ1v) is 9.39. The molecule has 1 aliphatic rings. The molecular formula is C21H30F2O2. The maximum absolute atomic E-state index is 14.5. The summed E-state index contributed by atoms with van der Waals surface area (Å²) in [6, 6.07) is 3.28. The van der Waals surface area contributed by atoms with Gasteiger partial charge in [0.15, 0.2) is 11.6 Å². The molecule has 25 heavy (non-hydrogen) atoms. The van der Waals surface area contributed by atoms with Crippen LogP contribution in [0, 0.1) is 17.6 Å². The molecule has 0 bridgehead atoms. The van der Waals surface area contributed by atoms with Crippen LogP contribution in [0.1, 0.15) is 62.8 Å². The summed E-state index contributed by atoms with van der Waals surface area (Å²) in [6.45, 7) is 5.00. The minimum atomic E-state index is -0.845. The summed E-state index contributed by atoms with van der Waals surface area (Å²) < 4.78 is 39.2. The molecule has 0 N–H and O–H groups in total. The summed E-state index contributed by atoms with van der Waals surface area (Å²) in [4.78, 5) is 0. The lowest BCUT2D eigenvalue weighted by Gasteiger charge is -2.27. The van der Waals surface area contributed by atoms with Crippen LogP contribution in [0.3, 0.4) is 0 Å². The van der Waals surface area contributed by atoms with Gasteiger partial charge in [-0.15, -0.1) is 6.58 Å². The second-order valence-electron chi connectivity index (χ2n) is 6.88. The predicted octanol–water partition coefficient (Wildman–Crippen LogP) is 6.01. The van der Waals surface area contributed by atoms with Crippen molar-refractivity contribution in [1.29, 1.82) is 0 Å². The molecule has 2 rings (SSSR count). The Bertz CT molecular complexity index is 537. The highest BCUT2D eigenvalue weighted by Crippen LogP contribution is 2.38. The van der Waals surface area contributed by atoms with Crippen molar-refractivity contribution in [2.75, 3.05) is 20.3 Å². The van der Waals surface area contributed by atoms with Crippen molar-refractivity contribution >= 4 is 0 Å². The van der Waals surface area contributed by atoms with Crippen molar-refractivity contribution in [3.05, 3.63) is 42.0 Å². The van der Waals surface area contributed by atoms with Gasteiger partial charge in [-0.3, -0.25) is 0 Å². The zero-order valence-electron chi connectivity index (χ0n) is 15.2. The van der Waals surface area contributed by atoms with Crippen LogP contribution in [0.5, 0.6) is 5.75 Å². The van der Waals surface area contributed by atoms with Gasteiger partial charge < -0.3 is 9.47 Å². The van der Waals surface area contributed by atoms with Crippen molar-refractivity contribution in [3.8, 4) is 5.75 Å². The van der Waals surface area contributed by atoms with E-state index in [-0.39, 0.29) is 11.7 Å². The second-order valence-corrected chi connectivity index (χ2v) is 6.88. The highest BCUT2D eigenvalue weighted by molar-refractivity contribution is 5.33. The van der Waals surface area contributed by atoms with Gasteiger partial charge in [0.2, 0.25) is 5.82 Å². The van der Waals surface area contributed by atoms with Crippen LogP contribution in [0.4, 0.5) is 8.78 Å². The highest BCUT2D eigenvalue weighted by atomic mass is 19.2. The first kappa shape index (κ1) is 19.9. The minimum Gasteiger partial charge on any atom is -0.490 e. The fraction of sp³-hybridized carbons (Fsp3) is 0.619. The molecule has 1 aromatic carbocycles. The zero-order chi connectivity index (χ0) is 18.1. The molecule has 140 valence electrons. The Morgan fingerprint density at radius 1 is 1.00 bits per heavy atom. The Balaban J connectivity index is 1.84. The number of unbranched alkanes of at least 4 members (excludes halogenated alkanes) is 3. The number of hydrogen-bond acceptors (Lipinski definition) is 2. The van der Waals surface area contributed by atoms with Crippen LogP contribution in [0.15, 0.2) is 24.8 Å². The summed E-state index contributed by atoms with van der Waals surface area (Å²) >= 11 is 0. The lowest BCUT2D eigenvalue weighted by Crippen LogP contribution is -2.13. The molecule has 0 amide bonds. The van der Waals surface area contributed by atoms with Crippen LogP contribution in [0.25, 0.3) is 0 Å². The molecule has 0 aromatic heterocycles. The van der Waals surface area contributed by atoms with Gasteiger partial charge in [0.05, 0.1) is 6.61 Å². The Morgan fingerprint density at radius 2 is 1.68 bits per heavy atom. The van der Waals surface area contributed by atoms with Gasteiger partial charge in [-0.05, 0) is 68.4 Å². The molecule has 1 fully saturated rings. The third-order valence-corrected chi connectivity index (χ3v) is 5.12. The Hall–Kier alpha value is -1.42. The van der Waals surface area contributed by atoms with E-state index in [0.717, 1.165) is 58.0 Å². The number of benzene rings is 1. The van der Waals surface area contributed by atoms with Gasteiger partial charge in [0, 0.05) is 13.7 Å². The molecular weight excluding hydrogens is 322 g/mol. The van der Waals surface area contributed by atoms with Gasteiger partial charge >= 0.3 is 0 Å². The average Bonchev–Trinajstić information content (AvgIpc) is 2.64. The molecule has 1 aromatic rings. The second kappa shape index (κ2) is 10.5. The fourth-order valence-corrected chi connectivity index (χ4v) is 3.52. The Morgan fingerprint density at radius 3 is 2.32 bits per heavy atom. The lowest BCUT2D eigenvalue weighted by molar-refractivity contribution is 0.190. The smallest absolute Gasteiger partial charge is 0.200 e. The third kappa shape index (κ3) is 5.81. The van der Waals surface area contributed by atoms with Gasteiger partial charge in [-0.2, -0.15) is 4.39 Å². The van der Waals surface area contributed by atoms with E-state index in [9.17, 15) is 8.78 Å². The van der Waals surface area contributed by atoms with Crippen LogP contribution in [-0.2, 0) is 4.74 Å². The van der Waals surface area contributed by atoms with Crippen LogP contribution in [-0.4, -0.2) is 20.3 Å². The molecule has 1 saturated carbocycles. The number of methoxy groups -OCH3 is 1. The number of halogens is 2. The van der Waals surface area contributed by atoms with Gasteiger partial charge in [0.1, 0.15) is 0 Å². The van der Waals surface area contributed by atoms with E-state index >= 15 is 0 Å². The van der Waals surface area contributed by atoms with E-state index in [1.807, 2.05) is 6.08 Å². The van der Waals surface area contributed by atoms with Crippen molar-refractivity contribution < 1.29 is 18.3 Å². The van der Waals surface area contributed by atoms with Crippen molar-refractivity contribution in [2.45, 2.75) is 57.3 Å². The summed E-state index contributed by atoms with van der Waals surface area (Å²) in [5, 5.41) is 0. The standard InChI is InChI=1S/C21H30F2O2/c1-3-16-8-10-17(11-9-16)18-12-13-19(21(23)20(18)22)25-15-7-5-4-6-14-24-2/h3,12-13,16-17H,1,4-11,14-15H2,2H3. The molecule has 2 nitrogen and oxygen atoms in total. The topological polar surface area (TPSA) is 18.5 Å². The predicted molar refractivity (Wildman–Crippen MR) is 97.1 cm³/mol. The zero-order valence-corrected chi connectivity index (χ0v) is 15.2. The Labute approximate surface area is 150 Å². The van der Waals surface area contributed by atoms with E-state index in [0.29, 0.717) is 18.1 Å². The molecule has 0 spiro atoms. The van der Waals surface area contributed by atoms with E-state index < -0.39 is 11.6 Å². The molecule has 0 atom stereocenters. The van der Waals surface area contributed by atoms with Crippen LogP contribution < -0.4 is 4.74 Å². The molecule has 0 saturated heterocycles. The van der Waals surface area contributed by atoms with E-state index in [1.165, 1.54) is 0 Å². The first-order valence-electron chi connectivity index (χ1n) is 9.39. The minimum absolute atomic E-state index is 0.0259.